The Kier molecular flexibility index (Phi) is 6.58. The van der Waals surface area contributed by atoms with E-state index >= 15 is 0 Å². The summed E-state index contributed by atoms with van der Waals surface area (Å²) in [5.74, 6) is -0.437. The van der Waals surface area contributed by atoms with Crippen LogP contribution in [-0.2, 0) is 11.3 Å². The minimum atomic E-state index is -0.691. The number of fused-ring (bicyclic) bond motifs is 1. The van der Waals surface area contributed by atoms with Gasteiger partial charge in [-0.05, 0) is 36.6 Å². The zero-order chi connectivity index (χ0) is 24.2. The van der Waals surface area contributed by atoms with Crippen molar-refractivity contribution < 1.29 is 9.90 Å². The number of para-hydroxylation sites is 1. The predicted octanol–water partition coefficient (Wildman–Crippen LogP) is 1.37. The Morgan fingerprint density at radius 2 is 1.82 bits per heavy atom. The Hall–Kier alpha value is -4.20. The van der Waals surface area contributed by atoms with Gasteiger partial charge in [0.1, 0.15) is 5.56 Å². The van der Waals surface area contributed by atoms with E-state index in [1.807, 2.05) is 61.5 Å². The minimum absolute atomic E-state index is 0.0149. The summed E-state index contributed by atoms with van der Waals surface area (Å²) >= 11 is 0. The number of nitrogens with one attached hydrogen (secondary N) is 1. The van der Waals surface area contributed by atoms with Crippen LogP contribution in [0.3, 0.4) is 0 Å². The number of H-pyrrole nitrogens is 1. The maximum Gasteiger partial charge on any atom is 0.331 e. The van der Waals surface area contributed by atoms with Crippen LogP contribution in [0.15, 0.2) is 74.9 Å². The molecule has 1 aliphatic heterocycles. The van der Waals surface area contributed by atoms with Gasteiger partial charge < -0.3 is 10.0 Å². The molecule has 0 atom stereocenters. The Bertz CT molecular complexity index is 1500. The first-order chi connectivity index (χ1) is 16.4. The lowest BCUT2D eigenvalue weighted by atomic mass is 10.1. The van der Waals surface area contributed by atoms with Crippen LogP contribution in [-0.4, -0.2) is 38.6 Å². The molecule has 0 saturated carbocycles. The molecule has 4 rings (SSSR count). The van der Waals surface area contributed by atoms with Crippen molar-refractivity contribution in [2.45, 2.75) is 26.8 Å². The van der Waals surface area contributed by atoms with E-state index in [0.29, 0.717) is 25.2 Å². The van der Waals surface area contributed by atoms with Crippen LogP contribution < -0.4 is 21.8 Å². The molecular weight excluding hydrogens is 432 g/mol. The average molecular weight is 459 g/mol. The lowest BCUT2D eigenvalue weighted by Gasteiger charge is -2.19. The molecule has 0 radical (unpaired) electrons. The zero-order valence-corrected chi connectivity index (χ0v) is 19.1. The first-order valence-electron chi connectivity index (χ1n) is 11.1. The number of hydrogen-bond donors (Lipinski definition) is 2. The molecule has 1 aliphatic rings. The third kappa shape index (κ3) is 4.61. The van der Waals surface area contributed by atoms with Crippen LogP contribution in [0.1, 0.15) is 31.4 Å². The highest BCUT2D eigenvalue weighted by Gasteiger charge is 2.19. The molecule has 8 heteroatoms. The monoisotopic (exact) mass is 458 g/mol. The second-order valence-electron chi connectivity index (χ2n) is 8.05. The van der Waals surface area contributed by atoms with Gasteiger partial charge in [0.2, 0.25) is 11.8 Å². The molecule has 0 spiro atoms. The summed E-state index contributed by atoms with van der Waals surface area (Å²) in [6.07, 6.45) is 2.04. The molecule has 0 fully saturated rings. The van der Waals surface area contributed by atoms with Crippen LogP contribution in [0.4, 0.5) is 0 Å². The standard InChI is InChI=1S/C26H26N4O4/c1-3-29(17(2)31)14-13-20-19-11-7-8-12-22(19)27-23(20)15-21-24(32)28-26(34)30(25(21)33)16-18-9-5-4-6-10-18/h4-12,15,33H,3,13-14,16H2,1-2H3,(H,28,32,34)/b23-15-. The largest absolute Gasteiger partial charge is 0.494 e. The van der Waals surface area contributed by atoms with Gasteiger partial charge in [0.05, 0.1) is 17.6 Å². The molecule has 0 bridgehead atoms. The number of carbonyl (C=O) groups excluding carboxylic acids is 1. The van der Waals surface area contributed by atoms with Crippen molar-refractivity contribution >= 4 is 17.6 Å². The summed E-state index contributed by atoms with van der Waals surface area (Å²) < 4.78 is 1.12. The molecular formula is C26H26N4O4. The smallest absolute Gasteiger partial charge is 0.331 e. The number of allylic oxidation sites excluding steroid dienone is 1. The molecule has 1 aromatic heterocycles. The van der Waals surface area contributed by atoms with Gasteiger partial charge in [-0.3, -0.25) is 19.1 Å². The molecule has 8 nitrogen and oxygen atoms in total. The van der Waals surface area contributed by atoms with E-state index in [4.69, 9.17) is 0 Å². The molecule has 34 heavy (non-hydrogen) atoms. The van der Waals surface area contributed by atoms with Gasteiger partial charge in [0.15, 0.2) is 0 Å². The van der Waals surface area contributed by atoms with E-state index in [2.05, 4.69) is 9.98 Å². The van der Waals surface area contributed by atoms with Gasteiger partial charge in [-0.1, -0.05) is 48.5 Å². The Morgan fingerprint density at radius 3 is 2.53 bits per heavy atom. The Balaban J connectivity index is 1.79. The van der Waals surface area contributed by atoms with E-state index in [0.717, 1.165) is 26.3 Å². The normalized spacial score (nSPS) is 13.6. The summed E-state index contributed by atoms with van der Waals surface area (Å²) in [7, 11) is 0. The zero-order valence-electron chi connectivity index (χ0n) is 19.1. The number of benzene rings is 2. The molecule has 3 aromatic rings. The molecule has 0 aliphatic carbocycles. The van der Waals surface area contributed by atoms with Crippen molar-refractivity contribution in [1.82, 2.24) is 14.5 Å². The highest BCUT2D eigenvalue weighted by Crippen LogP contribution is 2.23. The van der Waals surface area contributed by atoms with Crippen LogP contribution in [0.2, 0.25) is 0 Å². The number of hydrogen-bond acceptors (Lipinski definition) is 5. The summed E-state index contributed by atoms with van der Waals surface area (Å²) in [6.45, 7) is 4.65. The van der Waals surface area contributed by atoms with Crippen LogP contribution >= 0.6 is 0 Å². The van der Waals surface area contributed by atoms with Crippen molar-refractivity contribution in [1.29, 1.82) is 0 Å². The van der Waals surface area contributed by atoms with Gasteiger partial charge >= 0.3 is 5.69 Å². The summed E-state index contributed by atoms with van der Waals surface area (Å²) in [5.41, 5.74) is 0.771. The molecule has 1 amide bonds. The second kappa shape index (κ2) is 9.74. The topological polar surface area (TPSA) is 108 Å². The third-order valence-corrected chi connectivity index (χ3v) is 5.91. The summed E-state index contributed by atoms with van der Waals surface area (Å²) in [4.78, 5) is 45.7. The van der Waals surface area contributed by atoms with E-state index in [1.165, 1.54) is 13.0 Å². The molecule has 2 N–H and O–H groups in total. The van der Waals surface area contributed by atoms with Crippen LogP contribution in [0.5, 0.6) is 5.88 Å². The lowest BCUT2D eigenvalue weighted by molar-refractivity contribution is -0.128. The maximum atomic E-state index is 12.7. The number of aromatic amines is 1. The number of carbonyl (C=O) groups is 1. The van der Waals surface area contributed by atoms with E-state index in [9.17, 15) is 19.5 Å². The number of aromatic hydroxyl groups is 1. The van der Waals surface area contributed by atoms with Gasteiger partial charge in [-0.2, -0.15) is 0 Å². The fraction of sp³-hybridized carbons (Fsp3) is 0.231. The minimum Gasteiger partial charge on any atom is -0.494 e. The average Bonchev–Trinajstić information content (AvgIpc) is 3.17. The van der Waals surface area contributed by atoms with E-state index in [1.54, 1.807) is 4.90 Å². The van der Waals surface area contributed by atoms with Crippen molar-refractivity contribution in [2.75, 3.05) is 13.1 Å². The summed E-state index contributed by atoms with van der Waals surface area (Å²) in [5, 5.41) is 12.6. The van der Waals surface area contributed by atoms with E-state index < -0.39 is 17.1 Å². The van der Waals surface area contributed by atoms with Gasteiger partial charge in [-0.15, -0.1) is 0 Å². The van der Waals surface area contributed by atoms with Gasteiger partial charge in [0, 0.05) is 25.2 Å². The number of nitrogens with zero attached hydrogens (tertiary/aromatic N) is 3. The van der Waals surface area contributed by atoms with Crippen molar-refractivity contribution in [3.05, 3.63) is 103 Å². The number of rotatable bonds is 7. The van der Waals surface area contributed by atoms with Crippen molar-refractivity contribution in [2.24, 2.45) is 4.99 Å². The highest BCUT2D eigenvalue weighted by atomic mass is 16.3. The molecule has 174 valence electrons. The lowest BCUT2D eigenvalue weighted by Crippen LogP contribution is -2.31. The van der Waals surface area contributed by atoms with Crippen LogP contribution in [0.25, 0.3) is 11.6 Å². The predicted molar refractivity (Wildman–Crippen MR) is 130 cm³/mol. The number of amides is 1. The Morgan fingerprint density at radius 1 is 1.12 bits per heavy atom. The molecule has 0 saturated heterocycles. The first-order valence-corrected chi connectivity index (χ1v) is 11.1. The van der Waals surface area contributed by atoms with Gasteiger partial charge in [0.25, 0.3) is 5.56 Å². The molecule has 2 heterocycles. The fourth-order valence-corrected chi connectivity index (χ4v) is 4.08. The van der Waals surface area contributed by atoms with Crippen molar-refractivity contribution in [3.63, 3.8) is 0 Å². The second-order valence-corrected chi connectivity index (χ2v) is 8.05. The number of aromatic nitrogens is 2. The molecule has 0 unspecified atom stereocenters. The maximum absolute atomic E-state index is 12.7. The van der Waals surface area contributed by atoms with Crippen LogP contribution in [0, 0.1) is 0 Å². The third-order valence-electron chi connectivity index (χ3n) is 5.91. The van der Waals surface area contributed by atoms with Gasteiger partial charge in [-0.25, -0.2) is 9.79 Å². The molecule has 2 aromatic carbocycles. The summed E-state index contributed by atoms with van der Waals surface area (Å²) in [6, 6.07) is 16.8. The van der Waals surface area contributed by atoms with E-state index in [-0.39, 0.29) is 18.0 Å². The highest BCUT2D eigenvalue weighted by molar-refractivity contribution is 5.77. The van der Waals surface area contributed by atoms with Crippen molar-refractivity contribution in [3.8, 4) is 5.88 Å². The Labute approximate surface area is 195 Å². The first kappa shape index (κ1) is 23.0. The SMILES string of the molecule is CCN(CCC1=c2ccccc2=N/C1=C\c1c(O)n(Cc2ccccc2)c(=O)[nH]c1=O)C(C)=O. The fourth-order valence-electron chi connectivity index (χ4n) is 4.08. The quantitative estimate of drug-likeness (QED) is 0.558.